The van der Waals surface area contributed by atoms with Crippen LogP contribution in [0, 0.1) is 0 Å². The molecule has 0 aromatic carbocycles. The number of rotatable bonds is 3. The molecule has 1 atom stereocenters. The van der Waals surface area contributed by atoms with Crippen LogP contribution in [0.25, 0.3) is 0 Å². The summed E-state index contributed by atoms with van der Waals surface area (Å²) in [6.45, 7) is 7.69. The maximum absolute atomic E-state index is 10.7. The number of hydrogen-bond donors (Lipinski definition) is 2. The number of carboxylic acid groups (broad SMARTS) is 1. The van der Waals surface area contributed by atoms with Crippen molar-refractivity contribution < 1.29 is 9.90 Å². The number of carboxylic acids is 1. The molecule has 88 valence electrons. The average Bonchev–Trinajstić information content (AvgIpc) is 2.16. The van der Waals surface area contributed by atoms with E-state index in [0.717, 1.165) is 5.69 Å². The van der Waals surface area contributed by atoms with E-state index in [9.17, 15) is 4.79 Å². The second kappa shape index (κ2) is 4.47. The number of nitrogens with one attached hydrogen (secondary N) is 1. The third-order valence-corrected chi connectivity index (χ3v) is 2.17. The zero-order valence-corrected chi connectivity index (χ0v) is 9.98. The fraction of sp³-hybridized carbons (Fsp3) is 0.545. The van der Waals surface area contributed by atoms with Crippen LogP contribution in [-0.2, 0) is 10.2 Å². The number of aliphatic carboxylic acids is 1. The van der Waals surface area contributed by atoms with Gasteiger partial charge in [0.05, 0.1) is 5.69 Å². The van der Waals surface area contributed by atoms with Gasteiger partial charge >= 0.3 is 5.97 Å². The largest absolute Gasteiger partial charge is 0.480 e. The van der Waals surface area contributed by atoms with E-state index < -0.39 is 12.0 Å². The van der Waals surface area contributed by atoms with Crippen molar-refractivity contribution in [2.24, 2.45) is 0 Å². The number of aromatic nitrogens is 2. The Hall–Kier alpha value is -1.65. The molecule has 0 aliphatic heterocycles. The molecule has 0 spiro atoms. The topological polar surface area (TPSA) is 75.1 Å². The van der Waals surface area contributed by atoms with Gasteiger partial charge in [-0.3, -0.25) is 4.79 Å². The van der Waals surface area contributed by atoms with Crippen LogP contribution in [0.3, 0.4) is 0 Å². The lowest BCUT2D eigenvalue weighted by Gasteiger charge is -2.18. The number of nitrogens with zero attached hydrogens (tertiary/aromatic N) is 2. The summed E-state index contributed by atoms with van der Waals surface area (Å²) in [6.07, 6.45) is 1.44. The van der Waals surface area contributed by atoms with Crippen molar-refractivity contribution in [1.82, 2.24) is 9.97 Å². The molecular formula is C11H17N3O2. The highest BCUT2D eigenvalue weighted by molar-refractivity contribution is 5.76. The molecule has 1 aromatic heterocycles. The molecule has 1 unspecified atom stereocenters. The highest BCUT2D eigenvalue weighted by Gasteiger charge is 2.17. The van der Waals surface area contributed by atoms with Crippen LogP contribution in [0.15, 0.2) is 12.4 Å². The summed E-state index contributed by atoms with van der Waals surface area (Å²) in [7, 11) is 0. The van der Waals surface area contributed by atoms with Gasteiger partial charge in [-0.1, -0.05) is 20.8 Å². The molecule has 5 nitrogen and oxygen atoms in total. The minimum Gasteiger partial charge on any atom is -0.480 e. The predicted molar refractivity (Wildman–Crippen MR) is 61.5 cm³/mol. The van der Waals surface area contributed by atoms with Crippen molar-refractivity contribution in [2.45, 2.75) is 39.2 Å². The molecule has 0 aliphatic rings. The Morgan fingerprint density at radius 3 is 2.56 bits per heavy atom. The Morgan fingerprint density at radius 1 is 1.44 bits per heavy atom. The minimum absolute atomic E-state index is 0.0775. The monoisotopic (exact) mass is 223 g/mol. The standard InChI is InChI=1S/C11H17N3O2/c1-7(10(15)16)14-9-5-8(11(2,3)4)12-6-13-9/h5-7H,1-4H3,(H,15,16)(H,12,13,14). The molecule has 2 N–H and O–H groups in total. The Labute approximate surface area is 94.9 Å². The highest BCUT2D eigenvalue weighted by atomic mass is 16.4. The van der Waals surface area contributed by atoms with Gasteiger partial charge in [-0.25, -0.2) is 9.97 Å². The van der Waals surface area contributed by atoms with Crippen LogP contribution in [0.2, 0.25) is 0 Å². The first-order valence-corrected chi connectivity index (χ1v) is 5.12. The summed E-state index contributed by atoms with van der Waals surface area (Å²) in [5.74, 6) is -0.370. The second-order valence-electron chi connectivity index (χ2n) is 4.74. The number of carbonyl (C=O) groups is 1. The molecule has 1 heterocycles. The van der Waals surface area contributed by atoms with E-state index in [1.54, 1.807) is 13.0 Å². The van der Waals surface area contributed by atoms with Crippen molar-refractivity contribution in [3.63, 3.8) is 0 Å². The van der Waals surface area contributed by atoms with Crippen molar-refractivity contribution in [1.29, 1.82) is 0 Å². The molecule has 0 saturated heterocycles. The van der Waals surface area contributed by atoms with Gasteiger partial charge in [0.25, 0.3) is 0 Å². The van der Waals surface area contributed by atoms with Gasteiger partial charge in [0.2, 0.25) is 0 Å². The van der Waals surface area contributed by atoms with Gasteiger partial charge in [-0.05, 0) is 6.92 Å². The zero-order valence-electron chi connectivity index (χ0n) is 9.98. The predicted octanol–water partition coefficient (Wildman–Crippen LogP) is 1.66. The van der Waals surface area contributed by atoms with E-state index >= 15 is 0 Å². The maximum Gasteiger partial charge on any atom is 0.325 e. The van der Waals surface area contributed by atoms with Gasteiger partial charge < -0.3 is 10.4 Å². The van der Waals surface area contributed by atoms with Gasteiger partial charge in [-0.15, -0.1) is 0 Å². The first-order chi connectivity index (χ1) is 7.30. The molecule has 0 amide bonds. The molecule has 0 bridgehead atoms. The summed E-state index contributed by atoms with van der Waals surface area (Å²) < 4.78 is 0. The molecule has 1 rings (SSSR count). The fourth-order valence-corrected chi connectivity index (χ4v) is 1.13. The summed E-state index contributed by atoms with van der Waals surface area (Å²) in [4.78, 5) is 18.8. The van der Waals surface area contributed by atoms with Crippen LogP contribution >= 0.6 is 0 Å². The summed E-state index contributed by atoms with van der Waals surface area (Å²) in [5.41, 5.74) is 0.800. The summed E-state index contributed by atoms with van der Waals surface area (Å²) in [6, 6.07) is 1.11. The molecule has 0 fully saturated rings. The van der Waals surface area contributed by atoms with Crippen molar-refractivity contribution in [3.8, 4) is 0 Å². The lowest BCUT2D eigenvalue weighted by Crippen LogP contribution is -2.26. The van der Waals surface area contributed by atoms with Crippen LogP contribution in [0.4, 0.5) is 5.82 Å². The molecule has 0 aliphatic carbocycles. The van der Waals surface area contributed by atoms with Crippen LogP contribution in [0.5, 0.6) is 0 Å². The Morgan fingerprint density at radius 2 is 2.06 bits per heavy atom. The molecular weight excluding hydrogens is 206 g/mol. The quantitative estimate of drug-likeness (QED) is 0.815. The van der Waals surface area contributed by atoms with Gasteiger partial charge in [0.1, 0.15) is 18.2 Å². The van der Waals surface area contributed by atoms with Crippen molar-refractivity contribution >= 4 is 11.8 Å². The summed E-state index contributed by atoms with van der Waals surface area (Å²) >= 11 is 0. The van der Waals surface area contributed by atoms with Crippen LogP contribution in [-0.4, -0.2) is 27.1 Å². The van der Waals surface area contributed by atoms with E-state index in [1.807, 2.05) is 20.8 Å². The number of anilines is 1. The SMILES string of the molecule is CC(Nc1cc(C(C)(C)C)ncn1)C(=O)O. The first-order valence-electron chi connectivity index (χ1n) is 5.12. The van der Waals surface area contributed by atoms with Crippen LogP contribution < -0.4 is 5.32 Å². The van der Waals surface area contributed by atoms with Gasteiger partial charge in [0, 0.05) is 11.5 Å². The third-order valence-electron chi connectivity index (χ3n) is 2.17. The van der Waals surface area contributed by atoms with Crippen molar-refractivity contribution in [3.05, 3.63) is 18.1 Å². The molecule has 0 radical (unpaired) electrons. The highest BCUT2D eigenvalue weighted by Crippen LogP contribution is 2.21. The normalized spacial score (nSPS) is 13.2. The Balaban J connectivity index is 2.87. The molecule has 16 heavy (non-hydrogen) atoms. The van der Waals surface area contributed by atoms with E-state index in [1.165, 1.54) is 6.33 Å². The van der Waals surface area contributed by atoms with E-state index in [0.29, 0.717) is 5.82 Å². The van der Waals surface area contributed by atoms with E-state index in [4.69, 9.17) is 5.11 Å². The maximum atomic E-state index is 10.7. The minimum atomic E-state index is -0.907. The fourth-order valence-electron chi connectivity index (χ4n) is 1.13. The molecule has 1 aromatic rings. The zero-order chi connectivity index (χ0) is 12.3. The third kappa shape index (κ3) is 3.18. The van der Waals surface area contributed by atoms with Gasteiger partial charge in [0.15, 0.2) is 0 Å². The van der Waals surface area contributed by atoms with E-state index in [2.05, 4.69) is 15.3 Å². The average molecular weight is 223 g/mol. The van der Waals surface area contributed by atoms with Gasteiger partial charge in [-0.2, -0.15) is 0 Å². The smallest absolute Gasteiger partial charge is 0.325 e. The van der Waals surface area contributed by atoms with E-state index in [-0.39, 0.29) is 5.41 Å². The van der Waals surface area contributed by atoms with Crippen molar-refractivity contribution in [2.75, 3.05) is 5.32 Å². The molecule has 5 heteroatoms. The molecule has 0 saturated carbocycles. The van der Waals surface area contributed by atoms with Crippen LogP contribution in [0.1, 0.15) is 33.4 Å². The summed E-state index contributed by atoms with van der Waals surface area (Å²) in [5, 5.41) is 11.6. The second-order valence-corrected chi connectivity index (χ2v) is 4.74. The lowest BCUT2D eigenvalue weighted by atomic mass is 9.92. The Bertz CT molecular complexity index is 385. The number of hydrogen-bond acceptors (Lipinski definition) is 4. The first kappa shape index (κ1) is 12.4. The lowest BCUT2D eigenvalue weighted by molar-refractivity contribution is -0.137. The Kier molecular flexibility index (Phi) is 3.47.